The molecule has 3 aliphatic rings. The molecule has 4 rings (SSSR count). The van der Waals surface area contributed by atoms with E-state index in [-0.39, 0.29) is 6.10 Å². The second kappa shape index (κ2) is 5.16. The number of fused-ring (bicyclic) bond motifs is 2. The normalized spacial score (nSPS) is 31.8. The number of hydrogen-bond acceptors (Lipinski definition) is 5. The van der Waals surface area contributed by atoms with E-state index < -0.39 is 0 Å². The Morgan fingerprint density at radius 1 is 1.29 bits per heavy atom. The van der Waals surface area contributed by atoms with Gasteiger partial charge in [-0.25, -0.2) is 0 Å². The minimum atomic E-state index is -0.112. The smallest absolute Gasteiger partial charge is 0.189 e. The van der Waals surface area contributed by atoms with Crippen molar-refractivity contribution in [3.8, 4) is 5.75 Å². The van der Waals surface area contributed by atoms with Gasteiger partial charge in [-0.2, -0.15) is 0 Å². The first-order valence-corrected chi connectivity index (χ1v) is 7.73. The van der Waals surface area contributed by atoms with Crippen LogP contribution >= 0.6 is 0 Å². The van der Waals surface area contributed by atoms with Crippen molar-refractivity contribution in [3.63, 3.8) is 0 Å². The largest absolute Gasteiger partial charge is 0.467 e. The first kappa shape index (κ1) is 13.4. The van der Waals surface area contributed by atoms with Gasteiger partial charge in [-0.1, -0.05) is 0 Å². The number of aliphatic hydroxyl groups is 1. The number of hydrogen-bond donors (Lipinski definition) is 2. The Labute approximate surface area is 124 Å². The number of aliphatic hydroxyl groups excluding tert-OH is 1. The van der Waals surface area contributed by atoms with Gasteiger partial charge in [0.1, 0.15) is 5.75 Å². The number of anilines is 1. The summed E-state index contributed by atoms with van der Waals surface area (Å²) in [7, 11) is 0. The maximum absolute atomic E-state index is 10.0. The van der Waals surface area contributed by atoms with Gasteiger partial charge in [0.15, 0.2) is 6.79 Å². The number of likely N-dealkylation sites (tertiary alicyclic amines) is 1. The number of benzene rings is 1. The summed E-state index contributed by atoms with van der Waals surface area (Å²) in [5.41, 5.74) is 8.94. The second-order valence-corrected chi connectivity index (χ2v) is 6.54. The Kier molecular flexibility index (Phi) is 3.28. The number of nitrogens with zero attached hydrogens (tertiary/aromatic N) is 1. The van der Waals surface area contributed by atoms with Crippen LogP contribution in [0.4, 0.5) is 5.69 Å². The topological polar surface area (TPSA) is 68.0 Å². The van der Waals surface area contributed by atoms with Gasteiger partial charge in [0.2, 0.25) is 0 Å². The van der Waals surface area contributed by atoms with E-state index in [0.29, 0.717) is 25.2 Å². The summed E-state index contributed by atoms with van der Waals surface area (Å²) in [5.74, 6) is 2.04. The molecule has 5 heteroatoms. The van der Waals surface area contributed by atoms with Gasteiger partial charge in [0.25, 0.3) is 0 Å². The molecule has 1 saturated carbocycles. The molecule has 2 heterocycles. The Bertz CT molecular complexity index is 549. The van der Waals surface area contributed by atoms with E-state index in [1.807, 2.05) is 12.1 Å². The molecule has 1 saturated heterocycles. The molecule has 0 radical (unpaired) electrons. The lowest BCUT2D eigenvalue weighted by Gasteiger charge is -2.24. The molecule has 2 aliphatic heterocycles. The maximum atomic E-state index is 10.0. The van der Waals surface area contributed by atoms with Gasteiger partial charge in [-0.05, 0) is 30.9 Å². The van der Waals surface area contributed by atoms with Crippen molar-refractivity contribution in [1.29, 1.82) is 0 Å². The fourth-order valence-corrected chi connectivity index (χ4v) is 4.14. The van der Waals surface area contributed by atoms with Gasteiger partial charge in [-0.15, -0.1) is 0 Å². The van der Waals surface area contributed by atoms with Crippen molar-refractivity contribution < 1.29 is 14.6 Å². The summed E-state index contributed by atoms with van der Waals surface area (Å²) in [5, 5.41) is 10.0. The number of ether oxygens (including phenoxy) is 2. The van der Waals surface area contributed by atoms with Crippen molar-refractivity contribution in [3.05, 3.63) is 23.3 Å². The van der Waals surface area contributed by atoms with Crippen LogP contribution in [0.1, 0.15) is 24.0 Å². The molecule has 5 nitrogen and oxygen atoms in total. The summed E-state index contributed by atoms with van der Waals surface area (Å²) in [6, 6.07) is 3.94. The van der Waals surface area contributed by atoms with Gasteiger partial charge >= 0.3 is 0 Å². The summed E-state index contributed by atoms with van der Waals surface area (Å²) in [6.07, 6.45) is 2.01. The van der Waals surface area contributed by atoms with Gasteiger partial charge in [0, 0.05) is 42.4 Å². The fraction of sp³-hybridized carbons (Fsp3) is 0.625. The minimum Gasteiger partial charge on any atom is -0.467 e. The van der Waals surface area contributed by atoms with E-state index in [4.69, 9.17) is 15.2 Å². The monoisotopic (exact) mass is 290 g/mol. The third-order valence-corrected chi connectivity index (χ3v) is 5.10. The number of nitrogens with two attached hydrogens (primary N) is 1. The van der Waals surface area contributed by atoms with Crippen LogP contribution in [-0.4, -0.2) is 36.0 Å². The van der Waals surface area contributed by atoms with Gasteiger partial charge < -0.3 is 20.3 Å². The molecular weight excluding hydrogens is 268 g/mol. The SMILES string of the molecule is Nc1cc2c(c(CN3CC4CCC(O)C4C3)c1)OCOC2. The third kappa shape index (κ3) is 2.39. The zero-order valence-corrected chi connectivity index (χ0v) is 12.1. The van der Waals surface area contributed by atoms with Crippen LogP contribution in [0.5, 0.6) is 5.75 Å². The average molecular weight is 290 g/mol. The Hall–Kier alpha value is -1.30. The van der Waals surface area contributed by atoms with E-state index >= 15 is 0 Å². The molecule has 3 unspecified atom stereocenters. The summed E-state index contributed by atoms with van der Waals surface area (Å²) in [6.45, 7) is 3.77. The molecule has 114 valence electrons. The second-order valence-electron chi connectivity index (χ2n) is 6.54. The van der Waals surface area contributed by atoms with Crippen molar-refractivity contribution >= 4 is 5.69 Å². The van der Waals surface area contributed by atoms with Crippen LogP contribution in [0.3, 0.4) is 0 Å². The molecular formula is C16H22N2O3. The molecule has 0 aromatic heterocycles. The molecule has 3 atom stereocenters. The van der Waals surface area contributed by atoms with Gasteiger partial charge in [-0.3, -0.25) is 4.90 Å². The highest BCUT2D eigenvalue weighted by Crippen LogP contribution is 2.40. The van der Waals surface area contributed by atoms with Gasteiger partial charge in [0.05, 0.1) is 12.7 Å². The highest BCUT2D eigenvalue weighted by molar-refractivity contribution is 5.53. The molecule has 1 aromatic rings. The number of rotatable bonds is 2. The Morgan fingerprint density at radius 2 is 2.19 bits per heavy atom. The predicted octanol–water partition coefficient (Wildman–Crippen LogP) is 1.34. The van der Waals surface area contributed by atoms with E-state index in [1.54, 1.807) is 0 Å². The van der Waals surface area contributed by atoms with Crippen molar-refractivity contribution in [2.75, 3.05) is 25.6 Å². The molecule has 0 spiro atoms. The summed E-state index contributed by atoms with van der Waals surface area (Å²) in [4.78, 5) is 2.42. The lowest BCUT2D eigenvalue weighted by molar-refractivity contribution is -0.0174. The number of nitrogen functional groups attached to an aromatic ring is 1. The average Bonchev–Trinajstić information content (AvgIpc) is 3.01. The van der Waals surface area contributed by atoms with Crippen LogP contribution < -0.4 is 10.5 Å². The van der Waals surface area contributed by atoms with E-state index in [2.05, 4.69) is 4.90 Å². The van der Waals surface area contributed by atoms with E-state index in [9.17, 15) is 5.11 Å². The standard InChI is InChI=1S/C16H22N2O3/c17-13-3-11(16-12(4-13)8-20-9-21-16)6-18-5-10-1-2-15(19)14(10)7-18/h3-4,10,14-15,19H,1-2,5-9,17H2. The van der Waals surface area contributed by atoms with Crippen molar-refractivity contribution in [2.24, 2.45) is 11.8 Å². The quantitative estimate of drug-likeness (QED) is 0.805. The zero-order chi connectivity index (χ0) is 14.4. The molecule has 21 heavy (non-hydrogen) atoms. The lowest BCUT2D eigenvalue weighted by atomic mass is 10.00. The minimum absolute atomic E-state index is 0.112. The van der Waals surface area contributed by atoms with Crippen LogP contribution in [0.25, 0.3) is 0 Å². The molecule has 2 fully saturated rings. The highest BCUT2D eigenvalue weighted by Gasteiger charge is 2.41. The predicted molar refractivity (Wildman–Crippen MR) is 78.6 cm³/mol. The van der Waals surface area contributed by atoms with E-state index in [1.165, 1.54) is 0 Å². The molecule has 0 amide bonds. The maximum Gasteiger partial charge on any atom is 0.189 e. The Balaban J connectivity index is 1.54. The van der Waals surface area contributed by atoms with Crippen LogP contribution in [0.15, 0.2) is 12.1 Å². The molecule has 1 aromatic carbocycles. The molecule has 3 N–H and O–H groups in total. The Morgan fingerprint density at radius 3 is 3.05 bits per heavy atom. The first-order chi connectivity index (χ1) is 10.2. The van der Waals surface area contributed by atoms with Crippen LogP contribution in [0, 0.1) is 11.8 Å². The molecule has 1 aliphatic carbocycles. The molecule has 0 bridgehead atoms. The summed E-state index contributed by atoms with van der Waals surface area (Å²) < 4.78 is 11.0. The van der Waals surface area contributed by atoms with Crippen LogP contribution in [0.2, 0.25) is 0 Å². The summed E-state index contributed by atoms with van der Waals surface area (Å²) >= 11 is 0. The zero-order valence-electron chi connectivity index (χ0n) is 12.1. The third-order valence-electron chi connectivity index (χ3n) is 5.10. The van der Waals surface area contributed by atoms with Crippen molar-refractivity contribution in [2.45, 2.75) is 32.1 Å². The van der Waals surface area contributed by atoms with Crippen molar-refractivity contribution in [1.82, 2.24) is 4.90 Å². The highest BCUT2D eigenvalue weighted by atomic mass is 16.7. The van der Waals surface area contributed by atoms with E-state index in [0.717, 1.165) is 55.0 Å². The fourth-order valence-electron chi connectivity index (χ4n) is 4.14. The first-order valence-electron chi connectivity index (χ1n) is 7.73. The van der Waals surface area contributed by atoms with Crippen LogP contribution in [-0.2, 0) is 17.9 Å². The lowest BCUT2D eigenvalue weighted by Crippen LogP contribution is -2.25.